The van der Waals surface area contributed by atoms with E-state index in [-0.39, 0.29) is 12.3 Å². The maximum Gasteiger partial charge on any atom is 0.144 e. The van der Waals surface area contributed by atoms with Gasteiger partial charge in [-0.2, -0.15) is 0 Å². The van der Waals surface area contributed by atoms with Crippen LogP contribution in [0.4, 0.5) is 11.4 Å². The van der Waals surface area contributed by atoms with Crippen LogP contribution >= 0.6 is 0 Å². The lowest BCUT2D eigenvalue weighted by atomic mass is 10.1. The van der Waals surface area contributed by atoms with E-state index in [1.165, 1.54) is 0 Å². The Morgan fingerprint density at radius 1 is 1.19 bits per heavy atom. The van der Waals surface area contributed by atoms with Crippen molar-refractivity contribution in [3.63, 3.8) is 0 Å². The second-order valence-electron chi connectivity index (χ2n) is 6.04. The van der Waals surface area contributed by atoms with E-state index >= 15 is 0 Å². The third-order valence-electron chi connectivity index (χ3n) is 4.10. The van der Waals surface area contributed by atoms with Crippen LogP contribution in [0.5, 0.6) is 0 Å². The normalized spacial score (nSPS) is 15.7. The minimum Gasteiger partial charge on any atom is -0.491 e. The molecule has 0 bridgehead atoms. The van der Waals surface area contributed by atoms with Gasteiger partial charge in [0.15, 0.2) is 0 Å². The van der Waals surface area contributed by atoms with Crippen molar-refractivity contribution < 1.29 is 9.84 Å². The molecule has 0 saturated carbocycles. The first-order valence-corrected chi connectivity index (χ1v) is 9.04. The number of unbranched alkanes of at least 4 members (excludes halogenated alkanes) is 1. The van der Waals surface area contributed by atoms with E-state index < -0.39 is 0 Å². The van der Waals surface area contributed by atoms with Crippen LogP contribution in [0.1, 0.15) is 26.7 Å². The number of allylic oxidation sites excluding steroid dienone is 2. The SMILES string of the molecule is CCCCOC1=CC(=Nc2ccc(N(CC)CCO)cc2)C(=N)C=C1N. The average Bonchev–Trinajstić information content (AvgIpc) is 2.64. The summed E-state index contributed by atoms with van der Waals surface area (Å²) in [6.07, 6.45) is 5.31. The molecule has 0 fully saturated rings. The van der Waals surface area contributed by atoms with Crippen molar-refractivity contribution in [1.29, 1.82) is 5.41 Å². The highest BCUT2D eigenvalue weighted by Gasteiger charge is 2.15. The predicted octanol–water partition coefficient (Wildman–Crippen LogP) is 3.15. The van der Waals surface area contributed by atoms with Crippen molar-refractivity contribution in [2.75, 3.05) is 31.2 Å². The van der Waals surface area contributed by atoms with Gasteiger partial charge in [0.2, 0.25) is 0 Å². The number of hydrogen-bond donors (Lipinski definition) is 3. The van der Waals surface area contributed by atoms with Gasteiger partial charge in [0, 0.05) is 24.9 Å². The van der Waals surface area contributed by atoms with Gasteiger partial charge in [0.1, 0.15) is 5.76 Å². The molecule has 1 aromatic carbocycles. The van der Waals surface area contributed by atoms with Gasteiger partial charge >= 0.3 is 0 Å². The number of ether oxygens (including phenoxy) is 1. The summed E-state index contributed by atoms with van der Waals surface area (Å²) in [4.78, 5) is 6.64. The smallest absolute Gasteiger partial charge is 0.144 e. The van der Waals surface area contributed by atoms with Gasteiger partial charge in [-0.05, 0) is 43.7 Å². The highest BCUT2D eigenvalue weighted by atomic mass is 16.5. The summed E-state index contributed by atoms with van der Waals surface area (Å²) < 4.78 is 5.70. The van der Waals surface area contributed by atoms with Crippen molar-refractivity contribution in [1.82, 2.24) is 0 Å². The number of likely N-dealkylation sites (N-methyl/N-ethyl adjacent to an activating group) is 1. The van der Waals surface area contributed by atoms with Gasteiger partial charge in [-0.1, -0.05) is 13.3 Å². The molecule has 4 N–H and O–H groups in total. The molecule has 1 aromatic rings. The first kappa shape index (κ1) is 19.7. The molecule has 2 rings (SSSR count). The van der Waals surface area contributed by atoms with E-state index in [0.29, 0.717) is 30.3 Å². The van der Waals surface area contributed by atoms with E-state index in [0.717, 1.165) is 30.8 Å². The minimum atomic E-state index is 0.119. The molecule has 1 aliphatic rings. The van der Waals surface area contributed by atoms with Gasteiger partial charge in [-0.25, -0.2) is 4.99 Å². The molecular weight excluding hydrogens is 328 g/mol. The first-order chi connectivity index (χ1) is 12.6. The zero-order chi connectivity index (χ0) is 18.9. The summed E-state index contributed by atoms with van der Waals surface area (Å²) in [5.74, 6) is 0.574. The Hall–Kier alpha value is -2.60. The molecule has 6 heteroatoms. The second-order valence-corrected chi connectivity index (χ2v) is 6.04. The Labute approximate surface area is 155 Å². The summed E-state index contributed by atoms with van der Waals surface area (Å²) in [5, 5.41) is 17.2. The molecule has 0 aromatic heterocycles. The highest BCUT2D eigenvalue weighted by molar-refractivity contribution is 6.50. The van der Waals surface area contributed by atoms with E-state index in [1.54, 1.807) is 12.2 Å². The molecule has 0 spiro atoms. The molecule has 0 radical (unpaired) electrons. The van der Waals surface area contributed by atoms with Crippen LogP contribution < -0.4 is 10.6 Å². The van der Waals surface area contributed by atoms with Crippen LogP contribution in [0.2, 0.25) is 0 Å². The third-order valence-corrected chi connectivity index (χ3v) is 4.10. The van der Waals surface area contributed by atoms with E-state index in [2.05, 4.69) is 23.7 Å². The molecule has 1 aliphatic carbocycles. The molecule has 26 heavy (non-hydrogen) atoms. The van der Waals surface area contributed by atoms with Crippen LogP contribution in [0, 0.1) is 5.41 Å². The van der Waals surface area contributed by atoms with Crippen molar-refractivity contribution in [3.05, 3.63) is 47.9 Å². The Morgan fingerprint density at radius 3 is 2.54 bits per heavy atom. The van der Waals surface area contributed by atoms with Crippen molar-refractivity contribution in [2.45, 2.75) is 26.7 Å². The maximum absolute atomic E-state index is 9.13. The number of aliphatic imine (C=N–C) groups is 1. The standard InChI is InChI=1S/C20H28N4O2/c1-3-5-12-26-20-14-19(17(21)13-18(20)22)23-15-6-8-16(9-7-15)24(4-2)10-11-25/h6-9,13-14,21,25H,3-5,10-12,22H2,1-2H3. The number of anilines is 1. The van der Waals surface area contributed by atoms with E-state index in [4.69, 9.17) is 21.0 Å². The van der Waals surface area contributed by atoms with Gasteiger partial charge in [-0.15, -0.1) is 0 Å². The largest absolute Gasteiger partial charge is 0.491 e. The number of nitrogens with zero attached hydrogens (tertiary/aromatic N) is 2. The van der Waals surface area contributed by atoms with Gasteiger partial charge < -0.3 is 20.5 Å². The lowest BCUT2D eigenvalue weighted by Crippen LogP contribution is -2.25. The molecule has 0 unspecified atom stereocenters. The number of nitrogens with two attached hydrogens (primary N) is 1. The lowest BCUT2D eigenvalue weighted by Gasteiger charge is -2.22. The van der Waals surface area contributed by atoms with Crippen LogP contribution in [0.15, 0.2) is 52.9 Å². The number of aliphatic hydroxyl groups excluding tert-OH is 1. The maximum atomic E-state index is 9.13. The average molecular weight is 356 g/mol. The molecule has 6 nitrogen and oxygen atoms in total. The number of nitrogens with one attached hydrogen (secondary N) is 1. The Kier molecular flexibility index (Phi) is 7.41. The van der Waals surface area contributed by atoms with Crippen molar-refractivity contribution in [2.24, 2.45) is 10.7 Å². The Balaban J connectivity index is 2.17. The molecule has 0 saturated heterocycles. The van der Waals surface area contributed by atoms with Crippen LogP contribution in [-0.4, -0.2) is 42.8 Å². The minimum absolute atomic E-state index is 0.119. The molecule has 0 aliphatic heterocycles. The fourth-order valence-corrected chi connectivity index (χ4v) is 2.60. The summed E-state index contributed by atoms with van der Waals surface area (Å²) >= 11 is 0. The molecule has 0 atom stereocenters. The third kappa shape index (κ3) is 5.20. The van der Waals surface area contributed by atoms with Gasteiger partial charge in [0.05, 0.1) is 36.0 Å². The zero-order valence-electron chi connectivity index (χ0n) is 15.5. The summed E-state index contributed by atoms with van der Waals surface area (Å²) in [6, 6.07) is 7.75. The van der Waals surface area contributed by atoms with Crippen molar-refractivity contribution in [3.8, 4) is 0 Å². The molecule has 0 amide bonds. The summed E-state index contributed by atoms with van der Waals surface area (Å²) in [5.41, 5.74) is 9.00. The summed E-state index contributed by atoms with van der Waals surface area (Å²) in [7, 11) is 0. The molecular formula is C20H28N4O2. The Bertz CT molecular complexity index is 705. The molecule has 140 valence electrons. The monoisotopic (exact) mass is 356 g/mol. The summed E-state index contributed by atoms with van der Waals surface area (Å²) in [6.45, 7) is 6.29. The second kappa shape index (κ2) is 9.77. The van der Waals surface area contributed by atoms with Gasteiger partial charge in [0.25, 0.3) is 0 Å². The van der Waals surface area contributed by atoms with E-state index in [9.17, 15) is 0 Å². The van der Waals surface area contributed by atoms with Crippen molar-refractivity contribution >= 4 is 22.8 Å². The fraction of sp³-hybridized carbons (Fsp3) is 0.400. The van der Waals surface area contributed by atoms with Crippen LogP contribution in [-0.2, 0) is 4.74 Å². The zero-order valence-corrected chi connectivity index (χ0v) is 15.5. The fourth-order valence-electron chi connectivity index (χ4n) is 2.60. The quantitative estimate of drug-likeness (QED) is 0.468. The predicted molar refractivity (Wildman–Crippen MR) is 107 cm³/mol. The topological polar surface area (TPSA) is 94.9 Å². The first-order valence-electron chi connectivity index (χ1n) is 9.04. The van der Waals surface area contributed by atoms with Crippen LogP contribution in [0.25, 0.3) is 0 Å². The number of benzene rings is 1. The number of hydrogen-bond acceptors (Lipinski definition) is 6. The lowest BCUT2D eigenvalue weighted by molar-refractivity contribution is 0.215. The molecule has 0 heterocycles. The van der Waals surface area contributed by atoms with E-state index in [1.807, 2.05) is 24.3 Å². The Morgan fingerprint density at radius 2 is 1.92 bits per heavy atom. The van der Waals surface area contributed by atoms with Gasteiger partial charge in [-0.3, -0.25) is 5.41 Å². The highest BCUT2D eigenvalue weighted by Crippen LogP contribution is 2.22. The number of rotatable bonds is 9. The number of aliphatic hydroxyl groups is 1. The van der Waals surface area contributed by atoms with Crippen LogP contribution in [0.3, 0.4) is 0 Å².